The summed E-state index contributed by atoms with van der Waals surface area (Å²) in [5.41, 5.74) is 0. The van der Waals surface area contributed by atoms with Crippen LogP contribution in [-0.2, 0) is 29.1 Å². The van der Waals surface area contributed by atoms with Gasteiger partial charge in [-0.05, 0) is 12.8 Å². The molecule has 4 nitrogen and oxygen atoms in total. The van der Waals surface area contributed by atoms with Crippen LogP contribution in [0.2, 0.25) is 0 Å². The van der Waals surface area contributed by atoms with Crippen LogP contribution in [0.4, 0.5) is 0 Å². The Morgan fingerprint density at radius 2 is 0.950 bits per heavy atom. The maximum Gasteiger partial charge on any atom is 0.303 e. The first-order chi connectivity index (χ1) is 9.04. The fourth-order valence-electron chi connectivity index (χ4n) is 1.58. The average molecular weight is 340 g/mol. The summed E-state index contributed by atoms with van der Waals surface area (Å²) in [5, 5.41) is 16.5. The van der Waals surface area contributed by atoms with E-state index in [0.29, 0.717) is 12.8 Å². The van der Waals surface area contributed by atoms with Crippen molar-refractivity contribution in [2.75, 3.05) is 0 Å². The summed E-state index contributed by atoms with van der Waals surface area (Å²) in [6.45, 7) is 4.26. The minimum absolute atomic E-state index is 0. The van der Waals surface area contributed by atoms with E-state index in [1.54, 1.807) is 0 Å². The van der Waals surface area contributed by atoms with Crippen molar-refractivity contribution in [1.29, 1.82) is 0 Å². The van der Waals surface area contributed by atoms with E-state index in [1.807, 2.05) is 0 Å². The minimum Gasteiger partial charge on any atom is -0.481 e. The van der Waals surface area contributed by atoms with Crippen LogP contribution < -0.4 is 0 Å². The predicted octanol–water partition coefficient (Wildman–Crippen LogP) is 4.47. The van der Waals surface area contributed by atoms with Gasteiger partial charge in [0.2, 0.25) is 0 Å². The average Bonchev–Trinajstić information content (AvgIpc) is 2.35. The van der Waals surface area contributed by atoms with Gasteiger partial charge in [-0.15, -0.1) is 0 Å². The van der Waals surface area contributed by atoms with Crippen LogP contribution in [0.25, 0.3) is 0 Å². The Kier molecular flexibility index (Phi) is 25.6. The van der Waals surface area contributed by atoms with Gasteiger partial charge in [-0.3, -0.25) is 9.59 Å². The van der Waals surface area contributed by atoms with E-state index in [2.05, 4.69) is 13.8 Å². The number of carboxylic acid groups (broad SMARTS) is 2. The van der Waals surface area contributed by atoms with Crippen LogP contribution in [0.15, 0.2) is 0 Å². The molecular formula is C15H30O4Zn. The zero-order valence-electron chi connectivity index (χ0n) is 13.2. The van der Waals surface area contributed by atoms with Gasteiger partial charge in [0, 0.05) is 32.3 Å². The number of unbranched alkanes of at least 4 members (excludes halogenated alkanes) is 7. The van der Waals surface area contributed by atoms with Crippen LogP contribution in [0, 0.1) is 0 Å². The summed E-state index contributed by atoms with van der Waals surface area (Å²) < 4.78 is 0. The Morgan fingerprint density at radius 1 is 0.650 bits per heavy atom. The van der Waals surface area contributed by atoms with E-state index in [4.69, 9.17) is 10.2 Å². The Morgan fingerprint density at radius 3 is 1.25 bits per heavy atom. The zero-order chi connectivity index (χ0) is 14.9. The van der Waals surface area contributed by atoms with Crippen molar-refractivity contribution < 1.29 is 39.3 Å². The van der Waals surface area contributed by atoms with Gasteiger partial charge in [0.1, 0.15) is 0 Å². The van der Waals surface area contributed by atoms with E-state index in [1.165, 1.54) is 25.7 Å². The molecule has 0 heterocycles. The largest absolute Gasteiger partial charge is 0.481 e. The fourth-order valence-corrected chi connectivity index (χ4v) is 1.58. The van der Waals surface area contributed by atoms with Crippen LogP contribution in [0.1, 0.15) is 84.5 Å². The summed E-state index contributed by atoms with van der Waals surface area (Å²) in [7, 11) is 0. The van der Waals surface area contributed by atoms with Crippen LogP contribution in [0.3, 0.4) is 0 Å². The molecule has 0 aromatic rings. The van der Waals surface area contributed by atoms with Gasteiger partial charge >= 0.3 is 11.9 Å². The maximum atomic E-state index is 10.0. The molecule has 0 fully saturated rings. The second-order valence-corrected chi connectivity index (χ2v) is 4.76. The molecule has 0 saturated heterocycles. The molecular weight excluding hydrogens is 310 g/mol. The molecule has 0 bridgehead atoms. The van der Waals surface area contributed by atoms with Crippen LogP contribution >= 0.6 is 0 Å². The van der Waals surface area contributed by atoms with Crippen LogP contribution in [0.5, 0.6) is 0 Å². The Hall–Kier alpha value is -0.437. The third-order valence-electron chi connectivity index (χ3n) is 2.74. The van der Waals surface area contributed by atoms with E-state index in [9.17, 15) is 9.59 Å². The molecule has 0 unspecified atom stereocenters. The van der Waals surface area contributed by atoms with Gasteiger partial charge in [-0.1, -0.05) is 58.8 Å². The van der Waals surface area contributed by atoms with Crippen molar-refractivity contribution in [2.45, 2.75) is 84.5 Å². The summed E-state index contributed by atoms with van der Waals surface area (Å²) >= 11 is 0. The number of hydrogen-bond acceptors (Lipinski definition) is 2. The normalized spacial score (nSPS) is 9.10. The summed E-state index contributed by atoms with van der Waals surface area (Å²) in [6.07, 6.45) is 10.4. The molecule has 2 N–H and O–H groups in total. The van der Waals surface area contributed by atoms with Crippen molar-refractivity contribution in [3.8, 4) is 0 Å². The van der Waals surface area contributed by atoms with Gasteiger partial charge < -0.3 is 10.2 Å². The summed E-state index contributed by atoms with van der Waals surface area (Å²) in [5.74, 6) is -1.34. The second-order valence-electron chi connectivity index (χ2n) is 4.76. The molecule has 0 radical (unpaired) electrons. The predicted molar refractivity (Wildman–Crippen MR) is 77.4 cm³/mol. The molecule has 116 valence electrons. The molecule has 0 rings (SSSR count). The topological polar surface area (TPSA) is 74.6 Å². The number of carbonyl (C=O) groups is 2. The van der Waals surface area contributed by atoms with E-state index in [-0.39, 0.29) is 19.5 Å². The first kappa shape index (κ1) is 24.6. The smallest absolute Gasteiger partial charge is 0.303 e. The number of rotatable bonds is 11. The second kappa shape index (κ2) is 20.9. The third-order valence-corrected chi connectivity index (χ3v) is 2.74. The SMILES string of the molecule is CCCCCCC(=O)O.CCCCCCCC(=O)O.[Zn]. The number of hydrogen-bond donors (Lipinski definition) is 2. The molecule has 0 aliphatic heterocycles. The van der Waals surface area contributed by atoms with Gasteiger partial charge in [-0.2, -0.15) is 0 Å². The first-order valence-corrected chi connectivity index (χ1v) is 7.48. The third kappa shape index (κ3) is 30.5. The molecule has 0 aromatic carbocycles. The standard InChI is InChI=1S/C8H16O2.C7H14O2.Zn/c1-2-3-4-5-6-7-8(9)10;1-2-3-4-5-6-7(8)9;/h2-7H2,1H3,(H,9,10);2-6H2,1H3,(H,8,9);. The van der Waals surface area contributed by atoms with Crippen molar-refractivity contribution >= 4 is 11.9 Å². The van der Waals surface area contributed by atoms with E-state index >= 15 is 0 Å². The molecule has 0 atom stereocenters. The van der Waals surface area contributed by atoms with Crippen molar-refractivity contribution in [2.24, 2.45) is 0 Å². The molecule has 20 heavy (non-hydrogen) atoms. The minimum atomic E-state index is -0.675. The molecule has 0 saturated carbocycles. The van der Waals surface area contributed by atoms with Crippen molar-refractivity contribution in [3.05, 3.63) is 0 Å². The van der Waals surface area contributed by atoms with E-state index in [0.717, 1.165) is 32.1 Å². The Bertz CT molecular complexity index is 220. The fraction of sp³-hybridized carbons (Fsp3) is 0.867. The molecule has 5 heteroatoms. The summed E-state index contributed by atoms with van der Waals surface area (Å²) in [4.78, 5) is 20.0. The van der Waals surface area contributed by atoms with E-state index < -0.39 is 11.9 Å². The molecule has 0 aliphatic rings. The molecule has 0 aromatic heterocycles. The monoisotopic (exact) mass is 338 g/mol. The molecule has 0 aliphatic carbocycles. The molecule has 0 amide bonds. The van der Waals surface area contributed by atoms with Gasteiger partial charge in [0.05, 0.1) is 0 Å². The van der Waals surface area contributed by atoms with Gasteiger partial charge in [0.25, 0.3) is 0 Å². The Balaban J connectivity index is -0.000000277. The number of carboxylic acids is 2. The maximum absolute atomic E-state index is 10.0. The zero-order valence-corrected chi connectivity index (χ0v) is 16.2. The van der Waals surface area contributed by atoms with Gasteiger partial charge in [0.15, 0.2) is 0 Å². The Labute approximate surface area is 136 Å². The van der Waals surface area contributed by atoms with Crippen LogP contribution in [-0.4, -0.2) is 22.2 Å². The quantitative estimate of drug-likeness (QED) is 0.430. The van der Waals surface area contributed by atoms with Crippen molar-refractivity contribution in [1.82, 2.24) is 0 Å². The first-order valence-electron chi connectivity index (χ1n) is 7.48. The number of aliphatic carboxylic acids is 2. The van der Waals surface area contributed by atoms with Gasteiger partial charge in [-0.25, -0.2) is 0 Å². The summed E-state index contributed by atoms with van der Waals surface area (Å²) in [6, 6.07) is 0. The molecule has 0 spiro atoms. The van der Waals surface area contributed by atoms with Crippen molar-refractivity contribution in [3.63, 3.8) is 0 Å².